The predicted molar refractivity (Wildman–Crippen MR) is 119 cm³/mol. The van der Waals surface area contributed by atoms with Gasteiger partial charge in [-0.2, -0.15) is 13.2 Å². The molecule has 0 aliphatic carbocycles. The van der Waals surface area contributed by atoms with E-state index in [0.29, 0.717) is 49.1 Å². The highest BCUT2D eigenvalue weighted by atomic mass is 35.5. The van der Waals surface area contributed by atoms with Crippen molar-refractivity contribution < 1.29 is 27.4 Å². The number of hydrogen-bond acceptors (Lipinski definition) is 5. The largest absolute Gasteiger partial charge is 0.489 e. The van der Waals surface area contributed by atoms with Crippen molar-refractivity contribution in [1.29, 1.82) is 0 Å². The van der Waals surface area contributed by atoms with E-state index in [1.807, 2.05) is 0 Å². The molecule has 4 rings (SSSR count). The van der Waals surface area contributed by atoms with Gasteiger partial charge in [0, 0.05) is 30.9 Å². The third kappa shape index (κ3) is 5.89. The van der Waals surface area contributed by atoms with Gasteiger partial charge >= 0.3 is 6.18 Å². The van der Waals surface area contributed by atoms with E-state index in [1.54, 1.807) is 18.2 Å². The van der Waals surface area contributed by atoms with Gasteiger partial charge in [-0.3, -0.25) is 4.79 Å². The molecule has 6 nitrogen and oxygen atoms in total. The van der Waals surface area contributed by atoms with Crippen LogP contribution in [0.1, 0.15) is 31.2 Å². The summed E-state index contributed by atoms with van der Waals surface area (Å²) in [5.41, 5.74) is -0.373. The minimum Gasteiger partial charge on any atom is -0.489 e. The highest BCUT2D eigenvalue weighted by Crippen LogP contribution is 2.37. The zero-order valence-corrected chi connectivity index (χ0v) is 18.7. The van der Waals surface area contributed by atoms with Crippen molar-refractivity contribution in [3.8, 4) is 5.75 Å². The molecule has 10 heteroatoms. The molecule has 2 aromatic rings. The van der Waals surface area contributed by atoms with Gasteiger partial charge in [0.2, 0.25) is 5.91 Å². The molecule has 0 bridgehead atoms. The Balaban J connectivity index is 1.45. The Morgan fingerprint density at radius 1 is 1.27 bits per heavy atom. The Morgan fingerprint density at radius 2 is 2.12 bits per heavy atom. The Kier molecular flexibility index (Phi) is 7.29. The van der Waals surface area contributed by atoms with Crippen LogP contribution in [0.25, 0.3) is 0 Å². The fraction of sp³-hybridized carbons (Fsp3) is 0.478. The van der Waals surface area contributed by atoms with Gasteiger partial charge in [0.25, 0.3) is 0 Å². The number of nitrogens with zero attached hydrogens (tertiary/aromatic N) is 2. The van der Waals surface area contributed by atoms with E-state index >= 15 is 0 Å². The number of nitrogens with one attached hydrogen (secondary N) is 1. The predicted octanol–water partition coefficient (Wildman–Crippen LogP) is 5.17. The van der Waals surface area contributed by atoms with E-state index in [-0.39, 0.29) is 24.4 Å². The third-order valence-electron chi connectivity index (χ3n) is 5.83. The first-order valence-electron chi connectivity index (χ1n) is 10.9. The summed E-state index contributed by atoms with van der Waals surface area (Å²) < 4.78 is 51.7. The average Bonchev–Trinajstić information content (AvgIpc) is 3.32. The second-order valence-corrected chi connectivity index (χ2v) is 8.67. The van der Waals surface area contributed by atoms with Crippen molar-refractivity contribution in [1.82, 2.24) is 4.98 Å². The molecular weight excluding hydrogens is 459 g/mol. The first-order chi connectivity index (χ1) is 15.8. The number of alkyl halides is 3. The summed E-state index contributed by atoms with van der Waals surface area (Å²) in [6.45, 7) is 1.61. The third-order valence-corrected chi connectivity index (χ3v) is 6.07. The van der Waals surface area contributed by atoms with E-state index in [1.165, 1.54) is 17.2 Å². The van der Waals surface area contributed by atoms with E-state index in [0.717, 1.165) is 18.9 Å². The standard InChI is InChI=1S/C23H25ClF3N3O3/c24-16-7-8-20(33-14-17-5-3-11-32-17)19(12-16)29-22(31)15-4-2-10-30(13-15)21-18(23(25,26)27)6-1-9-28-21/h1,6-9,12,15,17H,2-5,10-11,13-14H2,(H,29,31). The molecule has 2 saturated heterocycles. The number of aromatic nitrogens is 1. The molecule has 3 heterocycles. The Bertz CT molecular complexity index is 983. The number of benzene rings is 1. The van der Waals surface area contributed by atoms with Gasteiger partial charge in [-0.25, -0.2) is 4.98 Å². The van der Waals surface area contributed by atoms with Gasteiger partial charge in [0.15, 0.2) is 0 Å². The zero-order valence-electron chi connectivity index (χ0n) is 17.9. The molecule has 33 heavy (non-hydrogen) atoms. The van der Waals surface area contributed by atoms with Crippen LogP contribution in [0.3, 0.4) is 0 Å². The number of anilines is 2. The summed E-state index contributed by atoms with van der Waals surface area (Å²) in [6, 6.07) is 7.23. The first kappa shape index (κ1) is 23.6. The molecule has 2 aliphatic heterocycles. The van der Waals surface area contributed by atoms with Crippen LogP contribution in [-0.2, 0) is 15.7 Å². The summed E-state index contributed by atoms with van der Waals surface area (Å²) in [6.07, 6.45) is -0.138. The summed E-state index contributed by atoms with van der Waals surface area (Å²) in [7, 11) is 0. The number of carbonyl (C=O) groups excluding carboxylic acids is 1. The molecule has 2 unspecified atom stereocenters. The number of carbonyl (C=O) groups is 1. The van der Waals surface area contributed by atoms with Crippen molar-refractivity contribution in [2.75, 3.05) is 36.5 Å². The Morgan fingerprint density at radius 3 is 2.88 bits per heavy atom. The second-order valence-electron chi connectivity index (χ2n) is 8.23. The van der Waals surface area contributed by atoms with Crippen LogP contribution in [0.4, 0.5) is 24.7 Å². The van der Waals surface area contributed by atoms with Gasteiger partial charge in [-0.05, 0) is 56.0 Å². The molecule has 1 aromatic heterocycles. The SMILES string of the molecule is O=C(Nc1cc(Cl)ccc1OCC1CCCO1)C1CCCN(c2ncccc2C(F)(F)F)C1. The minimum atomic E-state index is -4.52. The van der Waals surface area contributed by atoms with Crippen molar-refractivity contribution in [2.45, 2.75) is 38.0 Å². The molecule has 0 saturated carbocycles. The van der Waals surface area contributed by atoms with Crippen molar-refractivity contribution >= 4 is 29.0 Å². The summed E-state index contributed by atoms with van der Waals surface area (Å²) in [5.74, 6) is -0.480. The van der Waals surface area contributed by atoms with Crippen LogP contribution in [0.2, 0.25) is 5.02 Å². The lowest BCUT2D eigenvalue weighted by Crippen LogP contribution is -2.42. The van der Waals surface area contributed by atoms with E-state index < -0.39 is 17.7 Å². The quantitative estimate of drug-likeness (QED) is 0.614. The summed E-state index contributed by atoms with van der Waals surface area (Å²) in [4.78, 5) is 18.5. The number of pyridine rings is 1. The molecule has 1 N–H and O–H groups in total. The fourth-order valence-corrected chi connectivity index (χ4v) is 4.34. The normalized spacial score (nSPS) is 21.2. The molecule has 0 radical (unpaired) electrons. The first-order valence-corrected chi connectivity index (χ1v) is 11.3. The number of ether oxygens (including phenoxy) is 2. The maximum atomic E-state index is 13.4. The Hall–Kier alpha value is -2.52. The van der Waals surface area contributed by atoms with Crippen LogP contribution in [-0.4, -0.2) is 43.3 Å². The lowest BCUT2D eigenvalue weighted by atomic mass is 9.96. The lowest BCUT2D eigenvalue weighted by molar-refractivity contribution is -0.137. The second kappa shape index (κ2) is 10.2. The van der Waals surface area contributed by atoms with Crippen LogP contribution >= 0.6 is 11.6 Å². The van der Waals surface area contributed by atoms with Crippen molar-refractivity contribution in [2.24, 2.45) is 5.92 Å². The summed E-state index contributed by atoms with van der Waals surface area (Å²) >= 11 is 6.12. The molecule has 2 aliphatic rings. The van der Waals surface area contributed by atoms with E-state index in [9.17, 15) is 18.0 Å². The minimum absolute atomic E-state index is 0.0114. The molecule has 1 aromatic carbocycles. The molecule has 0 spiro atoms. The van der Waals surface area contributed by atoms with Gasteiger partial charge in [0.1, 0.15) is 18.2 Å². The molecule has 2 atom stereocenters. The van der Waals surface area contributed by atoms with Gasteiger partial charge < -0.3 is 19.7 Å². The maximum Gasteiger partial charge on any atom is 0.419 e. The van der Waals surface area contributed by atoms with Crippen molar-refractivity contribution in [3.05, 3.63) is 47.1 Å². The molecule has 2 fully saturated rings. The number of piperidine rings is 1. The average molecular weight is 484 g/mol. The highest BCUT2D eigenvalue weighted by Gasteiger charge is 2.37. The van der Waals surface area contributed by atoms with Crippen LogP contribution in [0.5, 0.6) is 5.75 Å². The topological polar surface area (TPSA) is 63.7 Å². The molecular formula is C23H25ClF3N3O3. The number of amides is 1. The van der Waals surface area contributed by atoms with Crippen LogP contribution in [0.15, 0.2) is 36.5 Å². The maximum absolute atomic E-state index is 13.4. The van der Waals surface area contributed by atoms with Gasteiger partial charge in [-0.1, -0.05) is 11.6 Å². The number of halogens is 4. The monoisotopic (exact) mass is 483 g/mol. The van der Waals surface area contributed by atoms with Gasteiger partial charge in [0.05, 0.1) is 23.3 Å². The Labute approximate surface area is 195 Å². The van der Waals surface area contributed by atoms with E-state index in [2.05, 4.69) is 10.3 Å². The smallest absolute Gasteiger partial charge is 0.419 e. The van der Waals surface area contributed by atoms with Gasteiger partial charge in [-0.15, -0.1) is 0 Å². The molecule has 1 amide bonds. The fourth-order valence-electron chi connectivity index (χ4n) is 4.17. The zero-order chi connectivity index (χ0) is 23.4. The van der Waals surface area contributed by atoms with E-state index in [4.69, 9.17) is 21.1 Å². The lowest BCUT2D eigenvalue weighted by Gasteiger charge is -2.34. The molecule has 178 valence electrons. The number of rotatable bonds is 6. The van der Waals surface area contributed by atoms with Crippen molar-refractivity contribution in [3.63, 3.8) is 0 Å². The highest BCUT2D eigenvalue weighted by molar-refractivity contribution is 6.31. The summed E-state index contributed by atoms with van der Waals surface area (Å²) in [5, 5.41) is 3.29. The van der Waals surface area contributed by atoms with Crippen LogP contribution in [0, 0.1) is 5.92 Å². The number of hydrogen-bond donors (Lipinski definition) is 1. The van der Waals surface area contributed by atoms with Crippen LogP contribution < -0.4 is 15.0 Å².